The Morgan fingerprint density at radius 1 is 1.33 bits per heavy atom. The Hall–Kier alpha value is -0.220. The van der Waals surface area contributed by atoms with Gasteiger partial charge in [0.2, 0.25) is 5.92 Å². The molecule has 2 fully saturated rings. The fraction of sp³-hybridized carbons (Fsp3) is 1.00. The minimum absolute atomic E-state index is 0.0841. The van der Waals surface area contributed by atoms with Crippen LogP contribution < -0.4 is 5.73 Å². The highest BCUT2D eigenvalue weighted by Gasteiger charge is 2.38. The first-order chi connectivity index (χ1) is 7.11. The molecule has 0 aromatic carbocycles. The van der Waals surface area contributed by atoms with E-state index in [4.69, 9.17) is 5.73 Å². The van der Waals surface area contributed by atoms with Crippen molar-refractivity contribution in [2.45, 2.75) is 44.1 Å². The molecule has 0 radical (unpaired) electrons. The molecule has 15 heavy (non-hydrogen) atoms. The molecule has 2 nitrogen and oxygen atoms in total. The molecule has 1 heterocycles. The van der Waals surface area contributed by atoms with E-state index in [0.717, 1.165) is 25.9 Å². The smallest absolute Gasteiger partial charge is 0.248 e. The molecule has 2 atom stereocenters. The summed E-state index contributed by atoms with van der Waals surface area (Å²) in [6.07, 6.45) is 2.95. The SMILES string of the molecule is NCC1CCN1CC1CCCC(F)(F)C1. The van der Waals surface area contributed by atoms with Crippen LogP contribution in [-0.2, 0) is 0 Å². The second-order valence-electron chi connectivity index (χ2n) is 4.99. The number of hydrogen-bond donors (Lipinski definition) is 1. The molecule has 2 aliphatic rings. The number of alkyl halides is 2. The first kappa shape index (κ1) is 11.3. The quantitative estimate of drug-likeness (QED) is 0.783. The lowest BCUT2D eigenvalue weighted by atomic mass is 9.85. The molecule has 0 aromatic heterocycles. The van der Waals surface area contributed by atoms with Crippen LogP contribution in [0.4, 0.5) is 8.78 Å². The van der Waals surface area contributed by atoms with Gasteiger partial charge in [0.1, 0.15) is 0 Å². The first-order valence-electron chi connectivity index (χ1n) is 5.93. The van der Waals surface area contributed by atoms with Gasteiger partial charge < -0.3 is 5.73 Å². The molecule has 0 amide bonds. The Morgan fingerprint density at radius 2 is 2.13 bits per heavy atom. The van der Waals surface area contributed by atoms with E-state index in [2.05, 4.69) is 4.90 Å². The highest BCUT2D eigenvalue weighted by atomic mass is 19.3. The van der Waals surface area contributed by atoms with Crippen molar-refractivity contribution in [3.05, 3.63) is 0 Å². The summed E-state index contributed by atoms with van der Waals surface area (Å²) >= 11 is 0. The summed E-state index contributed by atoms with van der Waals surface area (Å²) in [5, 5.41) is 0. The summed E-state index contributed by atoms with van der Waals surface area (Å²) < 4.78 is 26.3. The summed E-state index contributed by atoms with van der Waals surface area (Å²) in [7, 11) is 0. The second-order valence-corrected chi connectivity index (χ2v) is 4.99. The van der Waals surface area contributed by atoms with Crippen molar-refractivity contribution < 1.29 is 8.78 Å². The van der Waals surface area contributed by atoms with Crippen molar-refractivity contribution in [1.29, 1.82) is 0 Å². The molecule has 1 aliphatic carbocycles. The maximum atomic E-state index is 13.2. The number of nitrogens with two attached hydrogens (primary N) is 1. The summed E-state index contributed by atoms with van der Waals surface area (Å²) in [6, 6.07) is 0.459. The Labute approximate surface area is 89.8 Å². The molecule has 1 saturated carbocycles. The molecule has 0 spiro atoms. The minimum atomic E-state index is -2.41. The largest absolute Gasteiger partial charge is 0.329 e. The number of likely N-dealkylation sites (tertiary alicyclic amines) is 1. The maximum Gasteiger partial charge on any atom is 0.248 e. The number of hydrogen-bond acceptors (Lipinski definition) is 2. The Morgan fingerprint density at radius 3 is 2.67 bits per heavy atom. The van der Waals surface area contributed by atoms with Crippen LogP contribution in [0.15, 0.2) is 0 Å². The van der Waals surface area contributed by atoms with Crippen LogP contribution in [-0.4, -0.2) is 36.5 Å². The van der Waals surface area contributed by atoms with E-state index in [-0.39, 0.29) is 18.8 Å². The van der Waals surface area contributed by atoms with Crippen molar-refractivity contribution >= 4 is 0 Å². The van der Waals surface area contributed by atoms with Crippen LogP contribution in [0, 0.1) is 5.92 Å². The van der Waals surface area contributed by atoms with Gasteiger partial charge in [0.25, 0.3) is 0 Å². The molecular formula is C11H20F2N2. The van der Waals surface area contributed by atoms with Gasteiger partial charge in [-0.2, -0.15) is 0 Å². The first-order valence-corrected chi connectivity index (χ1v) is 5.93. The van der Waals surface area contributed by atoms with Crippen LogP contribution in [0.25, 0.3) is 0 Å². The predicted octanol–water partition coefficient (Wildman–Crippen LogP) is 1.84. The Balaban J connectivity index is 1.79. The van der Waals surface area contributed by atoms with Gasteiger partial charge in [-0.25, -0.2) is 8.78 Å². The number of rotatable bonds is 3. The van der Waals surface area contributed by atoms with Gasteiger partial charge in [-0.15, -0.1) is 0 Å². The number of halogens is 2. The minimum Gasteiger partial charge on any atom is -0.329 e. The zero-order valence-electron chi connectivity index (χ0n) is 9.09. The van der Waals surface area contributed by atoms with Gasteiger partial charge in [0, 0.05) is 38.5 Å². The summed E-state index contributed by atoms with van der Waals surface area (Å²) in [5.74, 6) is -2.23. The van der Waals surface area contributed by atoms with Gasteiger partial charge in [-0.05, 0) is 25.2 Å². The monoisotopic (exact) mass is 218 g/mol. The summed E-state index contributed by atoms with van der Waals surface area (Å²) in [6.45, 7) is 2.55. The average molecular weight is 218 g/mol. The second kappa shape index (κ2) is 4.34. The van der Waals surface area contributed by atoms with E-state index in [9.17, 15) is 8.78 Å². The molecule has 1 saturated heterocycles. The molecule has 4 heteroatoms. The lowest BCUT2D eigenvalue weighted by molar-refractivity contribution is -0.0632. The third kappa shape index (κ3) is 2.67. The zero-order valence-corrected chi connectivity index (χ0v) is 9.09. The van der Waals surface area contributed by atoms with Crippen molar-refractivity contribution in [2.24, 2.45) is 11.7 Å². The lowest BCUT2D eigenvalue weighted by Crippen LogP contribution is -2.53. The summed E-state index contributed by atoms with van der Waals surface area (Å²) in [5.41, 5.74) is 5.59. The zero-order chi connectivity index (χ0) is 10.9. The van der Waals surface area contributed by atoms with E-state index in [1.165, 1.54) is 0 Å². The van der Waals surface area contributed by atoms with Gasteiger partial charge in [0.05, 0.1) is 0 Å². The third-order valence-corrected chi connectivity index (χ3v) is 3.77. The lowest BCUT2D eigenvalue weighted by Gasteiger charge is -2.43. The molecule has 2 rings (SSSR count). The Bertz CT molecular complexity index is 219. The van der Waals surface area contributed by atoms with Crippen LogP contribution in [0.2, 0.25) is 0 Å². The van der Waals surface area contributed by atoms with Crippen LogP contribution in [0.5, 0.6) is 0 Å². The van der Waals surface area contributed by atoms with Gasteiger partial charge in [0.15, 0.2) is 0 Å². The van der Waals surface area contributed by atoms with Crippen molar-refractivity contribution in [3.63, 3.8) is 0 Å². The fourth-order valence-corrected chi connectivity index (χ4v) is 2.76. The van der Waals surface area contributed by atoms with Crippen LogP contribution in [0.1, 0.15) is 32.1 Å². The third-order valence-electron chi connectivity index (χ3n) is 3.77. The average Bonchev–Trinajstić information content (AvgIpc) is 2.12. The van der Waals surface area contributed by atoms with E-state index < -0.39 is 5.92 Å². The topological polar surface area (TPSA) is 29.3 Å². The van der Waals surface area contributed by atoms with Crippen LogP contribution in [0.3, 0.4) is 0 Å². The molecule has 0 aromatic rings. The van der Waals surface area contributed by atoms with E-state index in [1.54, 1.807) is 0 Å². The van der Waals surface area contributed by atoms with Gasteiger partial charge in [-0.1, -0.05) is 0 Å². The highest BCUT2D eigenvalue weighted by Crippen LogP contribution is 2.37. The van der Waals surface area contributed by atoms with Crippen molar-refractivity contribution in [1.82, 2.24) is 4.90 Å². The summed E-state index contributed by atoms with van der Waals surface area (Å²) in [4.78, 5) is 2.27. The maximum absolute atomic E-state index is 13.2. The van der Waals surface area contributed by atoms with E-state index >= 15 is 0 Å². The fourth-order valence-electron chi connectivity index (χ4n) is 2.76. The molecule has 1 aliphatic heterocycles. The van der Waals surface area contributed by atoms with Crippen molar-refractivity contribution in [2.75, 3.05) is 19.6 Å². The number of nitrogens with zero attached hydrogens (tertiary/aromatic N) is 1. The molecule has 0 bridgehead atoms. The van der Waals surface area contributed by atoms with E-state index in [1.807, 2.05) is 0 Å². The standard InChI is InChI=1S/C11H20F2N2/c12-11(13)4-1-2-9(6-11)8-15-5-3-10(15)7-14/h9-10H,1-8,14H2. The van der Waals surface area contributed by atoms with Gasteiger partial charge >= 0.3 is 0 Å². The molecule has 2 unspecified atom stereocenters. The predicted molar refractivity (Wildman–Crippen MR) is 55.9 cm³/mol. The Kier molecular flexibility index (Phi) is 3.26. The normalized spacial score (nSPS) is 36.2. The van der Waals surface area contributed by atoms with E-state index in [0.29, 0.717) is 19.0 Å². The van der Waals surface area contributed by atoms with Crippen LogP contribution >= 0.6 is 0 Å². The molecule has 88 valence electrons. The highest BCUT2D eigenvalue weighted by molar-refractivity contribution is 4.87. The van der Waals surface area contributed by atoms with Gasteiger partial charge in [-0.3, -0.25) is 4.90 Å². The molecule has 2 N–H and O–H groups in total. The van der Waals surface area contributed by atoms with Crippen molar-refractivity contribution in [3.8, 4) is 0 Å². The molecular weight excluding hydrogens is 198 g/mol.